The normalized spacial score (nSPS) is 19.1. The summed E-state index contributed by atoms with van der Waals surface area (Å²) in [5, 5.41) is 17.0. The summed E-state index contributed by atoms with van der Waals surface area (Å²) < 4.78 is 0. The van der Waals surface area contributed by atoms with Crippen LogP contribution in [-0.2, 0) is 6.42 Å². The van der Waals surface area contributed by atoms with Crippen LogP contribution >= 0.6 is 0 Å². The highest BCUT2D eigenvalue weighted by molar-refractivity contribution is 5.67. The second kappa shape index (κ2) is 3.86. The highest BCUT2D eigenvalue weighted by atomic mass is 16.6. The smallest absolute Gasteiger partial charge is 0.292 e. The number of fused-ring (bicyclic) bond motifs is 1. The number of nitrogens with zero attached hydrogens (tertiary/aromatic N) is 1. The molecule has 1 atom stereocenters. The molecule has 0 spiro atoms. The number of hydrogen-bond donors (Lipinski definition) is 2. The van der Waals surface area contributed by atoms with Crippen LogP contribution in [0.4, 0.5) is 11.4 Å². The highest BCUT2D eigenvalue weighted by Crippen LogP contribution is 2.31. The molecular weight excluding hydrogens is 194 g/mol. The molecule has 1 heterocycles. The third-order valence-corrected chi connectivity index (χ3v) is 2.73. The fourth-order valence-electron chi connectivity index (χ4n) is 1.88. The van der Waals surface area contributed by atoms with E-state index in [0.717, 1.165) is 18.5 Å². The number of rotatable bonds is 2. The largest absolute Gasteiger partial charge is 0.378 e. The Morgan fingerprint density at radius 1 is 1.60 bits per heavy atom. The molecule has 1 aromatic carbocycles. The van der Waals surface area contributed by atoms with Crippen molar-refractivity contribution in [2.75, 3.05) is 18.9 Å². The SMILES string of the molecule is CN[C@H]1CNc2c(cccc2[N+](=O)[O-])C1. The van der Waals surface area contributed by atoms with Crippen LogP contribution in [0, 0.1) is 10.1 Å². The van der Waals surface area contributed by atoms with Gasteiger partial charge < -0.3 is 10.6 Å². The predicted molar refractivity (Wildman–Crippen MR) is 58.1 cm³/mol. The second-order valence-corrected chi connectivity index (χ2v) is 3.64. The first-order chi connectivity index (χ1) is 7.22. The maximum atomic E-state index is 10.8. The molecule has 0 saturated heterocycles. The van der Waals surface area contributed by atoms with Crippen molar-refractivity contribution in [3.63, 3.8) is 0 Å². The maximum Gasteiger partial charge on any atom is 0.292 e. The summed E-state index contributed by atoms with van der Waals surface area (Å²) in [4.78, 5) is 10.4. The van der Waals surface area contributed by atoms with Crippen molar-refractivity contribution in [3.8, 4) is 0 Å². The van der Waals surface area contributed by atoms with Gasteiger partial charge >= 0.3 is 0 Å². The van der Waals surface area contributed by atoms with E-state index in [2.05, 4.69) is 10.6 Å². The summed E-state index contributed by atoms with van der Waals surface area (Å²) in [6, 6.07) is 5.54. The summed E-state index contributed by atoms with van der Waals surface area (Å²) in [6.45, 7) is 0.731. The van der Waals surface area contributed by atoms with E-state index >= 15 is 0 Å². The van der Waals surface area contributed by atoms with Crippen molar-refractivity contribution in [1.29, 1.82) is 0 Å². The van der Waals surface area contributed by atoms with Gasteiger partial charge in [-0.05, 0) is 19.0 Å². The Morgan fingerprint density at radius 2 is 2.40 bits per heavy atom. The molecule has 0 bridgehead atoms. The van der Waals surface area contributed by atoms with E-state index in [4.69, 9.17) is 0 Å². The van der Waals surface area contributed by atoms with Gasteiger partial charge in [0.25, 0.3) is 5.69 Å². The van der Waals surface area contributed by atoms with Gasteiger partial charge in [-0.25, -0.2) is 0 Å². The van der Waals surface area contributed by atoms with Crippen LogP contribution < -0.4 is 10.6 Å². The Kier molecular flexibility index (Phi) is 2.55. The molecule has 1 aliphatic rings. The van der Waals surface area contributed by atoms with Gasteiger partial charge in [-0.2, -0.15) is 0 Å². The van der Waals surface area contributed by atoms with Gasteiger partial charge in [-0.3, -0.25) is 10.1 Å². The Hall–Kier alpha value is -1.62. The van der Waals surface area contributed by atoms with Gasteiger partial charge in [0.1, 0.15) is 5.69 Å². The molecule has 0 aromatic heterocycles. The predicted octanol–water partition coefficient (Wildman–Crippen LogP) is 1.15. The number of nitro groups is 1. The Balaban J connectivity index is 2.37. The Morgan fingerprint density at radius 3 is 3.07 bits per heavy atom. The van der Waals surface area contributed by atoms with Crippen LogP contribution in [0.2, 0.25) is 0 Å². The monoisotopic (exact) mass is 207 g/mol. The molecule has 1 aliphatic heterocycles. The van der Waals surface area contributed by atoms with Gasteiger partial charge in [0.05, 0.1) is 4.92 Å². The molecule has 0 radical (unpaired) electrons. The van der Waals surface area contributed by atoms with Crippen molar-refractivity contribution >= 4 is 11.4 Å². The number of nitro benzene ring substituents is 1. The average Bonchev–Trinajstić information content (AvgIpc) is 2.27. The summed E-state index contributed by atoms with van der Waals surface area (Å²) in [7, 11) is 1.90. The average molecular weight is 207 g/mol. The summed E-state index contributed by atoms with van der Waals surface area (Å²) in [5.41, 5.74) is 1.85. The molecule has 2 rings (SSSR count). The lowest BCUT2D eigenvalue weighted by atomic mass is 9.99. The lowest BCUT2D eigenvalue weighted by Gasteiger charge is -2.25. The molecule has 5 heteroatoms. The number of benzene rings is 1. The molecule has 0 saturated carbocycles. The van der Waals surface area contributed by atoms with Crippen molar-refractivity contribution in [1.82, 2.24) is 5.32 Å². The zero-order valence-electron chi connectivity index (χ0n) is 8.49. The number of likely N-dealkylation sites (N-methyl/N-ethyl adjacent to an activating group) is 1. The molecular formula is C10H13N3O2. The molecule has 1 aromatic rings. The summed E-state index contributed by atoms with van der Waals surface area (Å²) in [5.74, 6) is 0. The van der Waals surface area contributed by atoms with Crippen molar-refractivity contribution in [3.05, 3.63) is 33.9 Å². The van der Waals surface area contributed by atoms with E-state index in [1.165, 1.54) is 6.07 Å². The number of nitrogens with one attached hydrogen (secondary N) is 2. The maximum absolute atomic E-state index is 10.8. The first kappa shape index (κ1) is 9.92. The van der Waals surface area contributed by atoms with Crippen LogP contribution in [-0.4, -0.2) is 24.6 Å². The fourth-order valence-corrected chi connectivity index (χ4v) is 1.88. The molecule has 0 fully saturated rings. The lowest BCUT2D eigenvalue weighted by molar-refractivity contribution is -0.384. The van der Waals surface area contributed by atoms with E-state index in [-0.39, 0.29) is 10.6 Å². The first-order valence-corrected chi connectivity index (χ1v) is 4.90. The minimum absolute atomic E-state index is 0.169. The minimum atomic E-state index is -0.342. The van der Waals surface area contributed by atoms with Gasteiger partial charge in [0, 0.05) is 18.7 Å². The topological polar surface area (TPSA) is 67.2 Å². The lowest BCUT2D eigenvalue weighted by Crippen LogP contribution is -2.38. The van der Waals surface area contributed by atoms with E-state index in [1.54, 1.807) is 6.07 Å². The quantitative estimate of drug-likeness (QED) is 0.564. The van der Waals surface area contributed by atoms with Crippen LogP contribution in [0.25, 0.3) is 0 Å². The van der Waals surface area contributed by atoms with E-state index < -0.39 is 0 Å². The van der Waals surface area contributed by atoms with E-state index in [9.17, 15) is 10.1 Å². The minimum Gasteiger partial charge on any atom is -0.378 e. The van der Waals surface area contributed by atoms with Crippen LogP contribution in [0.15, 0.2) is 18.2 Å². The molecule has 0 aliphatic carbocycles. The van der Waals surface area contributed by atoms with Crippen molar-refractivity contribution in [2.45, 2.75) is 12.5 Å². The molecule has 0 amide bonds. The highest BCUT2D eigenvalue weighted by Gasteiger charge is 2.23. The van der Waals surface area contributed by atoms with Crippen LogP contribution in [0.5, 0.6) is 0 Å². The molecule has 2 N–H and O–H groups in total. The van der Waals surface area contributed by atoms with Gasteiger partial charge in [0.2, 0.25) is 0 Å². The summed E-state index contributed by atoms with van der Waals surface area (Å²) >= 11 is 0. The molecule has 0 unspecified atom stereocenters. The van der Waals surface area contributed by atoms with Gasteiger partial charge in [-0.15, -0.1) is 0 Å². The van der Waals surface area contributed by atoms with E-state index in [0.29, 0.717) is 11.7 Å². The molecule has 5 nitrogen and oxygen atoms in total. The standard InChI is InChI=1S/C10H13N3O2/c1-11-8-5-7-3-2-4-9(13(14)15)10(7)12-6-8/h2-4,8,11-12H,5-6H2,1H3/t8-/m1/s1. The number of anilines is 1. The molecule has 15 heavy (non-hydrogen) atoms. The third kappa shape index (κ3) is 1.78. The zero-order chi connectivity index (χ0) is 10.8. The number of para-hydroxylation sites is 1. The van der Waals surface area contributed by atoms with Crippen LogP contribution in [0.1, 0.15) is 5.56 Å². The molecule has 80 valence electrons. The van der Waals surface area contributed by atoms with Gasteiger partial charge in [-0.1, -0.05) is 12.1 Å². The third-order valence-electron chi connectivity index (χ3n) is 2.73. The van der Waals surface area contributed by atoms with Crippen molar-refractivity contribution < 1.29 is 4.92 Å². The summed E-state index contributed by atoms with van der Waals surface area (Å²) in [6.07, 6.45) is 0.834. The Bertz CT molecular complexity index is 392. The van der Waals surface area contributed by atoms with Crippen molar-refractivity contribution in [2.24, 2.45) is 0 Å². The Labute approximate surface area is 87.6 Å². The first-order valence-electron chi connectivity index (χ1n) is 4.90. The zero-order valence-corrected chi connectivity index (χ0v) is 8.49. The van der Waals surface area contributed by atoms with Gasteiger partial charge in [0.15, 0.2) is 0 Å². The second-order valence-electron chi connectivity index (χ2n) is 3.64. The van der Waals surface area contributed by atoms with E-state index in [1.807, 2.05) is 13.1 Å². The fraction of sp³-hybridized carbons (Fsp3) is 0.400. The number of hydrogen-bond acceptors (Lipinski definition) is 4. The van der Waals surface area contributed by atoms with Crippen LogP contribution in [0.3, 0.4) is 0 Å².